The second-order valence-corrected chi connectivity index (χ2v) is 13.3. The Morgan fingerprint density at radius 3 is 2.59 bits per heavy atom. The topological polar surface area (TPSA) is 97.0 Å². The van der Waals surface area contributed by atoms with Gasteiger partial charge in [-0.1, -0.05) is 30.3 Å². The van der Waals surface area contributed by atoms with Crippen molar-refractivity contribution in [2.75, 3.05) is 51.2 Å². The molecule has 3 aromatic rings. The first-order valence-corrected chi connectivity index (χ1v) is 15.8. The maximum absolute atomic E-state index is 13.7. The second kappa shape index (κ2) is 11.9. The molecule has 9 nitrogen and oxygen atoms in total. The number of piperidine rings is 2. The molecule has 3 unspecified atom stereocenters. The molecule has 0 aromatic heterocycles. The molecule has 2 fully saturated rings. The van der Waals surface area contributed by atoms with Crippen LogP contribution in [0.15, 0.2) is 59.5 Å². The molecule has 0 radical (unpaired) electrons. The van der Waals surface area contributed by atoms with Gasteiger partial charge in [-0.2, -0.15) is 4.72 Å². The Balaban J connectivity index is 1.28. The Kier molecular flexibility index (Phi) is 8.45. The Morgan fingerprint density at radius 1 is 1.02 bits per heavy atom. The third-order valence-electron chi connectivity index (χ3n) is 8.66. The second-order valence-electron chi connectivity index (χ2n) is 11.5. The summed E-state index contributed by atoms with van der Waals surface area (Å²) >= 11 is 0. The summed E-state index contributed by atoms with van der Waals surface area (Å²) < 4.78 is 42.3. The van der Waals surface area contributed by atoms with Crippen molar-refractivity contribution < 1.29 is 27.2 Å². The molecule has 10 heteroatoms. The number of carbonyl (C=O) groups excluding carboxylic acids is 1. The molecule has 2 saturated heterocycles. The van der Waals surface area contributed by atoms with Crippen molar-refractivity contribution in [3.8, 4) is 5.75 Å². The summed E-state index contributed by atoms with van der Waals surface area (Å²) in [4.78, 5) is 15.1. The van der Waals surface area contributed by atoms with Crippen molar-refractivity contribution in [1.82, 2.24) is 4.72 Å². The highest BCUT2D eigenvalue weighted by Crippen LogP contribution is 2.36. The largest absolute Gasteiger partial charge is 0.495 e. The summed E-state index contributed by atoms with van der Waals surface area (Å²) in [5, 5.41) is 4.45. The Morgan fingerprint density at radius 2 is 1.80 bits per heavy atom. The lowest BCUT2D eigenvalue weighted by atomic mass is 9.88. The summed E-state index contributed by atoms with van der Waals surface area (Å²) in [6.07, 6.45) is 3.79. The van der Waals surface area contributed by atoms with Gasteiger partial charge in [0, 0.05) is 43.4 Å². The van der Waals surface area contributed by atoms with Crippen LogP contribution in [0.5, 0.6) is 5.75 Å². The zero-order chi connectivity index (χ0) is 29.2. The molecule has 41 heavy (non-hydrogen) atoms. The van der Waals surface area contributed by atoms with E-state index in [1.165, 1.54) is 0 Å². The van der Waals surface area contributed by atoms with Gasteiger partial charge < -0.3 is 18.9 Å². The van der Waals surface area contributed by atoms with Gasteiger partial charge in [0.1, 0.15) is 18.5 Å². The average Bonchev–Trinajstić information content (AvgIpc) is 2.95. The Labute approximate surface area is 243 Å². The molecule has 220 valence electrons. The van der Waals surface area contributed by atoms with Crippen LogP contribution in [0.25, 0.3) is 10.8 Å². The molecule has 2 N–H and O–H groups in total. The van der Waals surface area contributed by atoms with Crippen molar-refractivity contribution >= 4 is 38.3 Å². The fraction of sp³-hybridized carbons (Fsp3) is 0.452. The van der Waals surface area contributed by atoms with E-state index in [1.54, 1.807) is 19.2 Å². The van der Waals surface area contributed by atoms with Gasteiger partial charge in [-0.15, -0.1) is 0 Å². The van der Waals surface area contributed by atoms with E-state index in [-0.39, 0.29) is 12.1 Å². The number of benzene rings is 3. The van der Waals surface area contributed by atoms with E-state index in [2.05, 4.69) is 10.0 Å². The third kappa shape index (κ3) is 6.14. The highest BCUT2D eigenvalue weighted by molar-refractivity contribution is 7.89. The predicted octanol–water partition coefficient (Wildman–Crippen LogP) is 5.24. The van der Waals surface area contributed by atoms with Gasteiger partial charge in [-0.05, 0) is 56.0 Å². The van der Waals surface area contributed by atoms with Crippen LogP contribution in [0, 0.1) is 6.92 Å². The number of sulfonamides is 1. The third-order valence-corrected chi connectivity index (χ3v) is 10.1. The maximum Gasteiger partial charge on any atom is 0.412 e. The highest BCUT2D eigenvalue weighted by Gasteiger charge is 2.46. The van der Waals surface area contributed by atoms with Crippen LogP contribution < -0.4 is 19.7 Å². The number of nitrogens with one attached hydrogen (secondary N) is 2. The van der Waals surface area contributed by atoms with Crippen LogP contribution in [0.4, 0.5) is 16.2 Å². The number of hydrogen-bond acceptors (Lipinski definition) is 6. The van der Waals surface area contributed by atoms with Gasteiger partial charge in [0.25, 0.3) is 0 Å². The van der Waals surface area contributed by atoms with Crippen molar-refractivity contribution in [3.63, 3.8) is 0 Å². The van der Waals surface area contributed by atoms with Crippen LogP contribution in [0.2, 0.25) is 0 Å². The van der Waals surface area contributed by atoms with Crippen LogP contribution in [-0.4, -0.2) is 72.1 Å². The number of methoxy groups -OCH3 is 1. The zero-order valence-electron chi connectivity index (χ0n) is 24.4. The van der Waals surface area contributed by atoms with Crippen molar-refractivity contribution in [2.24, 2.45) is 0 Å². The number of aryl methyl sites for hydroxylation is 1. The lowest BCUT2D eigenvalue weighted by Gasteiger charge is -2.51. The van der Waals surface area contributed by atoms with E-state index in [1.807, 2.05) is 68.4 Å². The van der Waals surface area contributed by atoms with Gasteiger partial charge in [-0.3, -0.25) is 5.32 Å². The van der Waals surface area contributed by atoms with E-state index < -0.39 is 16.1 Å². The van der Waals surface area contributed by atoms with Gasteiger partial charge in [0.2, 0.25) is 10.0 Å². The highest BCUT2D eigenvalue weighted by atomic mass is 32.2. The van der Waals surface area contributed by atoms with Crippen molar-refractivity contribution in [1.29, 1.82) is 0 Å². The van der Waals surface area contributed by atoms with E-state index in [0.717, 1.165) is 49.0 Å². The molecular weight excluding hydrogens is 540 g/mol. The predicted molar refractivity (Wildman–Crippen MR) is 162 cm³/mol. The number of rotatable bonds is 8. The molecule has 1 amide bonds. The molecule has 5 rings (SSSR count). The molecule has 3 aromatic carbocycles. The van der Waals surface area contributed by atoms with E-state index in [0.29, 0.717) is 45.7 Å². The maximum atomic E-state index is 13.7. The number of carbonyl (C=O) groups is 1. The van der Waals surface area contributed by atoms with Crippen LogP contribution in [0.1, 0.15) is 37.7 Å². The summed E-state index contributed by atoms with van der Waals surface area (Å²) in [5.41, 5.74) is 2.56. The molecular formula is C31H41N4O5S+. The minimum absolute atomic E-state index is 0.222. The average molecular weight is 582 g/mol. The van der Waals surface area contributed by atoms with Crippen LogP contribution in [0.3, 0.4) is 0 Å². The number of nitrogens with zero attached hydrogens (tertiary/aromatic N) is 2. The Bertz CT molecular complexity index is 1530. The molecule has 0 saturated carbocycles. The first-order chi connectivity index (χ1) is 19.6. The van der Waals surface area contributed by atoms with Crippen LogP contribution in [-0.2, 0) is 14.8 Å². The monoisotopic (exact) mass is 581 g/mol. The number of anilines is 2. The molecule has 2 heterocycles. The minimum atomic E-state index is -3.75. The van der Waals surface area contributed by atoms with Crippen LogP contribution >= 0.6 is 0 Å². The number of fused-ring (bicyclic) bond motifs is 2. The zero-order valence-corrected chi connectivity index (χ0v) is 25.2. The first kappa shape index (κ1) is 29.2. The number of ether oxygens (including phenoxy) is 2. The normalized spacial score (nSPS) is 22.5. The lowest BCUT2D eigenvalue weighted by Crippen LogP contribution is -2.66. The van der Waals surface area contributed by atoms with Crippen molar-refractivity contribution in [2.45, 2.75) is 56.1 Å². The van der Waals surface area contributed by atoms with E-state index in [4.69, 9.17) is 9.47 Å². The quantitative estimate of drug-likeness (QED) is 0.353. The molecule has 2 aliphatic rings. The summed E-state index contributed by atoms with van der Waals surface area (Å²) in [6, 6.07) is 17.0. The SMILES string of the molecule is COc1ccc(C)cc1NC(=O)OC1CC[N+]2(CNS(=O)(=O)c3cccc4c(N(C)C)cccc34)CCCCC2C1. The molecule has 0 spiro atoms. The molecule has 3 atom stereocenters. The molecule has 0 aliphatic carbocycles. The smallest absolute Gasteiger partial charge is 0.412 e. The Hall–Kier alpha value is -3.34. The minimum Gasteiger partial charge on any atom is -0.495 e. The van der Waals surface area contributed by atoms with E-state index >= 15 is 0 Å². The van der Waals surface area contributed by atoms with Gasteiger partial charge in [-0.25, -0.2) is 13.2 Å². The standard InChI is InChI=1S/C31H40N4O5S/c1-22-14-15-29(39-4)27(19-22)33-31(36)40-24-16-18-35(17-6-5-9-23(35)20-24)21-32-41(37,38)30-13-8-10-25-26(30)11-7-12-28(25)34(2)3/h7-8,10-15,19,23-24,32H,5-6,9,16-18,20-21H2,1-4H3/p+1. The van der Waals surface area contributed by atoms with Gasteiger partial charge >= 0.3 is 6.09 Å². The summed E-state index contributed by atoms with van der Waals surface area (Å²) in [5.74, 6) is 0.579. The van der Waals surface area contributed by atoms with Gasteiger partial charge in [0.05, 0.1) is 36.8 Å². The summed E-state index contributed by atoms with van der Waals surface area (Å²) in [6.45, 7) is 3.94. The van der Waals surface area contributed by atoms with E-state index in [9.17, 15) is 13.2 Å². The lowest BCUT2D eigenvalue weighted by molar-refractivity contribution is -0.962. The number of quaternary nitrogens is 1. The number of amides is 1. The first-order valence-electron chi connectivity index (χ1n) is 14.3. The number of hydrogen-bond donors (Lipinski definition) is 2. The van der Waals surface area contributed by atoms with Crippen molar-refractivity contribution in [3.05, 3.63) is 60.2 Å². The summed E-state index contributed by atoms with van der Waals surface area (Å²) in [7, 11) is 1.73. The fourth-order valence-corrected chi connectivity index (χ4v) is 7.81. The fourth-order valence-electron chi connectivity index (χ4n) is 6.51. The molecule has 2 aliphatic heterocycles. The molecule has 0 bridgehead atoms. The van der Waals surface area contributed by atoms with Gasteiger partial charge in [0.15, 0.2) is 0 Å².